The van der Waals surface area contributed by atoms with E-state index in [0.717, 1.165) is 32.4 Å². The molecule has 0 spiro atoms. The fourth-order valence-electron chi connectivity index (χ4n) is 1.81. The summed E-state index contributed by atoms with van der Waals surface area (Å²) in [5.74, 6) is 0.497. The molecule has 0 unspecified atom stereocenters. The van der Waals surface area contributed by atoms with Gasteiger partial charge in [-0.1, -0.05) is 43.5 Å². The zero-order chi connectivity index (χ0) is 15.7. The van der Waals surface area contributed by atoms with E-state index in [4.69, 9.17) is 27.9 Å². The van der Waals surface area contributed by atoms with Crippen molar-refractivity contribution in [3.05, 3.63) is 28.2 Å². The third kappa shape index (κ3) is 6.44. The number of halogens is 2. The van der Waals surface area contributed by atoms with Gasteiger partial charge in [-0.3, -0.25) is 0 Å². The molecule has 0 bridgehead atoms. The fourth-order valence-corrected chi connectivity index (χ4v) is 2.28. The van der Waals surface area contributed by atoms with E-state index in [-0.39, 0.29) is 12.8 Å². The Balaban J connectivity index is 2.43. The molecule has 0 heterocycles. The Morgan fingerprint density at radius 3 is 2.62 bits per heavy atom. The van der Waals surface area contributed by atoms with Crippen LogP contribution >= 0.6 is 23.2 Å². The third-order valence-electron chi connectivity index (χ3n) is 2.91. The lowest BCUT2D eigenvalue weighted by atomic mass is 10.3. The van der Waals surface area contributed by atoms with E-state index in [9.17, 15) is 4.79 Å². The highest BCUT2D eigenvalue weighted by atomic mass is 35.5. The molecule has 0 fully saturated rings. The first kappa shape index (κ1) is 17.9. The second-order valence-corrected chi connectivity index (χ2v) is 5.53. The minimum Gasteiger partial charge on any atom is -0.472 e. The molecule has 1 aromatic carbocycles. The molecule has 1 N–H and O–H groups in total. The van der Waals surface area contributed by atoms with Gasteiger partial charge in [0.1, 0.15) is 5.75 Å². The molecule has 2 amide bonds. The van der Waals surface area contributed by atoms with E-state index in [0.29, 0.717) is 15.8 Å². The number of ether oxygens (including phenoxy) is 1. The number of rotatable bonds is 8. The summed E-state index contributed by atoms with van der Waals surface area (Å²) in [6.45, 7) is 5.74. The van der Waals surface area contributed by atoms with E-state index in [1.165, 1.54) is 0 Å². The van der Waals surface area contributed by atoms with Crippen LogP contribution in [-0.2, 0) is 0 Å². The highest BCUT2D eigenvalue weighted by molar-refractivity contribution is 6.35. The van der Waals surface area contributed by atoms with Crippen LogP contribution < -0.4 is 10.1 Å². The number of hydrogen-bond donors (Lipinski definition) is 1. The van der Waals surface area contributed by atoms with Crippen molar-refractivity contribution in [3.63, 3.8) is 0 Å². The normalized spacial score (nSPS) is 10.3. The summed E-state index contributed by atoms with van der Waals surface area (Å²) in [7, 11) is 0. The van der Waals surface area contributed by atoms with Crippen molar-refractivity contribution in [2.24, 2.45) is 0 Å². The molecule has 0 aliphatic rings. The lowest BCUT2D eigenvalue weighted by Gasteiger charge is -2.22. The Hall–Kier alpha value is -1.13. The Morgan fingerprint density at radius 1 is 1.24 bits per heavy atom. The second kappa shape index (κ2) is 9.74. The van der Waals surface area contributed by atoms with Crippen LogP contribution in [0.15, 0.2) is 18.2 Å². The number of nitrogens with one attached hydrogen (secondary N) is 1. The lowest BCUT2D eigenvalue weighted by molar-refractivity contribution is 0.183. The molecule has 1 rings (SSSR count). The molecule has 0 aromatic heterocycles. The van der Waals surface area contributed by atoms with E-state index in [2.05, 4.69) is 19.2 Å². The molecule has 1 aromatic rings. The summed E-state index contributed by atoms with van der Waals surface area (Å²) in [6, 6.07) is 4.85. The van der Waals surface area contributed by atoms with Gasteiger partial charge >= 0.3 is 6.03 Å². The predicted molar refractivity (Wildman–Crippen MR) is 87.3 cm³/mol. The van der Waals surface area contributed by atoms with Crippen LogP contribution in [-0.4, -0.2) is 30.8 Å². The standard InChI is InChI=1S/C15H22Cl2N2O2/c1-3-5-9-19(8-4-2)15(20)18-11-21-14-7-6-12(16)10-13(14)17/h6-7,10H,3-5,8-9,11H2,1-2H3,(H,18,20). The van der Waals surface area contributed by atoms with Gasteiger partial charge in [0.15, 0.2) is 6.73 Å². The van der Waals surface area contributed by atoms with Gasteiger partial charge in [-0.15, -0.1) is 0 Å². The smallest absolute Gasteiger partial charge is 0.320 e. The van der Waals surface area contributed by atoms with Crippen molar-refractivity contribution in [1.29, 1.82) is 0 Å². The van der Waals surface area contributed by atoms with Crippen LogP contribution in [0.2, 0.25) is 10.0 Å². The summed E-state index contributed by atoms with van der Waals surface area (Å²) in [4.78, 5) is 13.9. The number of nitrogens with zero attached hydrogens (tertiary/aromatic N) is 1. The Bertz CT molecular complexity index is 455. The van der Waals surface area contributed by atoms with Crippen LogP contribution in [0.3, 0.4) is 0 Å². The first-order chi connectivity index (χ1) is 10.1. The molecule has 0 radical (unpaired) electrons. The van der Waals surface area contributed by atoms with Gasteiger partial charge in [-0.25, -0.2) is 4.79 Å². The van der Waals surface area contributed by atoms with Crippen LogP contribution in [0.5, 0.6) is 5.75 Å². The first-order valence-corrected chi connectivity index (χ1v) is 7.94. The van der Waals surface area contributed by atoms with Crippen molar-refractivity contribution in [2.75, 3.05) is 19.8 Å². The number of benzene rings is 1. The average Bonchev–Trinajstić information content (AvgIpc) is 2.45. The van der Waals surface area contributed by atoms with Gasteiger partial charge in [-0.2, -0.15) is 0 Å². The molecule has 21 heavy (non-hydrogen) atoms. The summed E-state index contributed by atoms with van der Waals surface area (Å²) in [5, 5.41) is 3.71. The zero-order valence-corrected chi connectivity index (χ0v) is 14.0. The maximum Gasteiger partial charge on any atom is 0.320 e. The topological polar surface area (TPSA) is 41.6 Å². The maximum absolute atomic E-state index is 12.0. The van der Waals surface area contributed by atoms with Crippen molar-refractivity contribution in [3.8, 4) is 5.75 Å². The highest BCUT2D eigenvalue weighted by Gasteiger charge is 2.11. The first-order valence-electron chi connectivity index (χ1n) is 7.19. The van der Waals surface area contributed by atoms with E-state index < -0.39 is 0 Å². The second-order valence-electron chi connectivity index (χ2n) is 4.69. The fraction of sp³-hybridized carbons (Fsp3) is 0.533. The number of unbranched alkanes of at least 4 members (excludes halogenated alkanes) is 1. The van der Waals surface area contributed by atoms with Gasteiger partial charge < -0.3 is 15.0 Å². The van der Waals surface area contributed by atoms with Crippen molar-refractivity contribution in [2.45, 2.75) is 33.1 Å². The Kier molecular flexibility index (Phi) is 8.31. The van der Waals surface area contributed by atoms with E-state index in [1.54, 1.807) is 23.1 Å². The van der Waals surface area contributed by atoms with Crippen molar-refractivity contribution in [1.82, 2.24) is 10.2 Å². The summed E-state index contributed by atoms with van der Waals surface area (Å²) in [6.07, 6.45) is 2.99. The van der Waals surface area contributed by atoms with Gasteiger partial charge in [0.05, 0.1) is 5.02 Å². The van der Waals surface area contributed by atoms with Gasteiger partial charge in [0.2, 0.25) is 0 Å². The number of hydrogen-bond acceptors (Lipinski definition) is 2. The molecular weight excluding hydrogens is 311 g/mol. The zero-order valence-electron chi connectivity index (χ0n) is 12.5. The van der Waals surface area contributed by atoms with E-state index >= 15 is 0 Å². The number of urea groups is 1. The molecule has 4 nitrogen and oxygen atoms in total. The minimum atomic E-state index is -0.115. The van der Waals surface area contributed by atoms with E-state index in [1.807, 2.05) is 0 Å². The molecule has 0 atom stereocenters. The summed E-state index contributed by atoms with van der Waals surface area (Å²) in [5.41, 5.74) is 0. The SMILES string of the molecule is CCCCN(CCC)C(=O)NCOc1ccc(Cl)cc1Cl. The average molecular weight is 333 g/mol. The molecular formula is C15H22Cl2N2O2. The molecule has 118 valence electrons. The third-order valence-corrected chi connectivity index (χ3v) is 3.44. The van der Waals surface area contributed by atoms with Gasteiger partial charge in [0, 0.05) is 18.1 Å². The molecule has 0 aliphatic carbocycles. The highest BCUT2D eigenvalue weighted by Crippen LogP contribution is 2.27. The molecule has 0 aliphatic heterocycles. The Labute approximate surface area is 136 Å². The monoisotopic (exact) mass is 332 g/mol. The van der Waals surface area contributed by atoms with Gasteiger partial charge in [0.25, 0.3) is 0 Å². The molecule has 0 saturated heterocycles. The number of carbonyl (C=O) groups excluding carboxylic acids is 1. The van der Waals surface area contributed by atoms with Crippen LogP contribution in [0.1, 0.15) is 33.1 Å². The molecule has 0 saturated carbocycles. The summed E-state index contributed by atoms with van der Waals surface area (Å²) < 4.78 is 5.45. The van der Waals surface area contributed by atoms with Crippen molar-refractivity contribution < 1.29 is 9.53 Å². The van der Waals surface area contributed by atoms with Crippen molar-refractivity contribution >= 4 is 29.2 Å². The Morgan fingerprint density at radius 2 is 2.00 bits per heavy atom. The van der Waals surface area contributed by atoms with Crippen LogP contribution in [0, 0.1) is 0 Å². The van der Waals surface area contributed by atoms with Crippen LogP contribution in [0.4, 0.5) is 4.79 Å². The van der Waals surface area contributed by atoms with Crippen LogP contribution in [0.25, 0.3) is 0 Å². The summed E-state index contributed by atoms with van der Waals surface area (Å²) >= 11 is 11.8. The number of amides is 2. The van der Waals surface area contributed by atoms with Gasteiger partial charge in [-0.05, 0) is 31.0 Å². The quantitative estimate of drug-likeness (QED) is 0.709. The maximum atomic E-state index is 12.0. The largest absolute Gasteiger partial charge is 0.472 e. The minimum absolute atomic E-state index is 0.0759. The lowest BCUT2D eigenvalue weighted by Crippen LogP contribution is -2.42. The molecule has 6 heteroatoms. The predicted octanol–water partition coefficient (Wildman–Crippen LogP) is 4.55. The number of carbonyl (C=O) groups is 1.